The minimum Gasteiger partial charge on any atom is -0.328 e. The van der Waals surface area contributed by atoms with Crippen LogP contribution in [0, 0.1) is 11.7 Å². The minimum absolute atomic E-state index is 0.148. The van der Waals surface area contributed by atoms with Gasteiger partial charge in [0.1, 0.15) is 5.82 Å². The van der Waals surface area contributed by atoms with Gasteiger partial charge in [0.05, 0.1) is 0 Å². The van der Waals surface area contributed by atoms with Gasteiger partial charge in [0.25, 0.3) is 0 Å². The highest BCUT2D eigenvalue weighted by Crippen LogP contribution is 2.24. The van der Waals surface area contributed by atoms with E-state index in [1.54, 1.807) is 12.1 Å². The first kappa shape index (κ1) is 17.4. The normalized spacial score (nSPS) is 22.2. The van der Waals surface area contributed by atoms with Crippen LogP contribution in [0.1, 0.15) is 51.0 Å². The van der Waals surface area contributed by atoms with Gasteiger partial charge >= 0.3 is 0 Å². The Kier molecular flexibility index (Phi) is 7.34. The quantitative estimate of drug-likeness (QED) is 0.787. The van der Waals surface area contributed by atoms with E-state index < -0.39 is 0 Å². The third kappa shape index (κ3) is 6.05. The average molecular weight is 306 g/mol. The molecule has 3 heteroatoms. The minimum atomic E-state index is -0.148. The van der Waals surface area contributed by atoms with E-state index in [1.807, 2.05) is 12.1 Å². The lowest BCUT2D eigenvalue weighted by Gasteiger charge is -2.32. The van der Waals surface area contributed by atoms with Crippen molar-refractivity contribution in [2.75, 3.05) is 19.6 Å². The first-order valence-electron chi connectivity index (χ1n) is 8.89. The molecule has 1 saturated carbocycles. The smallest absolute Gasteiger partial charge is 0.123 e. The van der Waals surface area contributed by atoms with Crippen LogP contribution in [0.2, 0.25) is 0 Å². The second kappa shape index (κ2) is 9.26. The Morgan fingerprint density at radius 1 is 1.18 bits per heavy atom. The largest absolute Gasteiger partial charge is 0.328 e. The third-order valence-corrected chi connectivity index (χ3v) is 4.73. The molecule has 0 aromatic heterocycles. The standard InChI is InChI=1S/C19H31FN2/c1-2-12-22(15-17-5-3-7-19(21)14-17)13-4-6-16-8-10-18(20)11-9-16/h8-11,17,19H,2-7,12-15,21H2,1H3/t17-,19+/m0/s1. The number of aryl methyl sites for hydroxylation is 1. The molecule has 2 atom stereocenters. The van der Waals surface area contributed by atoms with Crippen LogP contribution in [0.25, 0.3) is 0 Å². The maximum atomic E-state index is 12.9. The predicted molar refractivity (Wildman–Crippen MR) is 91.4 cm³/mol. The van der Waals surface area contributed by atoms with Gasteiger partial charge in [0, 0.05) is 12.6 Å². The number of benzene rings is 1. The van der Waals surface area contributed by atoms with Crippen molar-refractivity contribution < 1.29 is 4.39 Å². The number of nitrogens with two attached hydrogens (primary N) is 1. The van der Waals surface area contributed by atoms with Crippen molar-refractivity contribution >= 4 is 0 Å². The van der Waals surface area contributed by atoms with Gasteiger partial charge in [-0.25, -0.2) is 4.39 Å². The Balaban J connectivity index is 1.74. The Labute approximate surface area is 134 Å². The molecule has 2 N–H and O–H groups in total. The van der Waals surface area contributed by atoms with Crippen LogP contribution >= 0.6 is 0 Å². The van der Waals surface area contributed by atoms with Gasteiger partial charge < -0.3 is 10.6 Å². The molecule has 1 aromatic rings. The molecule has 0 saturated heterocycles. The molecule has 22 heavy (non-hydrogen) atoms. The molecule has 1 aromatic carbocycles. The molecule has 0 aliphatic heterocycles. The summed E-state index contributed by atoms with van der Waals surface area (Å²) < 4.78 is 12.9. The van der Waals surface area contributed by atoms with Crippen LogP contribution in [0.4, 0.5) is 4.39 Å². The van der Waals surface area contributed by atoms with Crippen molar-refractivity contribution in [3.63, 3.8) is 0 Å². The number of nitrogens with zero attached hydrogens (tertiary/aromatic N) is 1. The van der Waals surface area contributed by atoms with E-state index in [1.165, 1.54) is 50.8 Å². The van der Waals surface area contributed by atoms with Crippen LogP contribution in [0.15, 0.2) is 24.3 Å². The maximum absolute atomic E-state index is 12.9. The molecule has 0 unspecified atom stereocenters. The summed E-state index contributed by atoms with van der Waals surface area (Å²) in [7, 11) is 0. The van der Waals surface area contributed by atoms with E-state index in [2.05, 4.69) is 11.8 Å². The Morgan fingerprint density at radius 2 is 1.95 bits per heavy atom. The van der Waals surface area contributed by atoms with E-state index >= 15 is 0 Å². The topological polar surface area (TPSA) is 29.3 Å². The summed E-state index contributed by atoms with van der Waals surface area (Å²) in [6.07, 6.45) is 8.41. The summed E-state index contributed by atoms with van der Waals surface area (Å²) in [5.74, 6) is 0.631. The Bertz CT molecular complexity index is 418. The highest BCUT2D eigenvalue weighted by atomic mass is 19.1. The van der Waals surface area contributed by atoms with Crippen molar-refractivity contribution in [3.8, 4) is 0 Å². The van der Waals surface area contributed by atoms with Crippen LogP contribution < -0.4 is 5.73 Å². The van der Waals surface area contributed by atoms with Crippen LogP contribution in [0.5, 0.6) is 0 Å². The summed E-state index contributed by atoms with van der Waals surface area (Å²) in [6.45, 7) is 5.76. The van der Waals surface area contributed by atoms with Crippen molar-refractivity contribution in [2.45, 2.75) is 57.9 Å². The fourth-order valence-electron chi connectivity index (χ4n) is 3.63. The summed E-state index contributed by atoms with van der Waals surface area (Å²) in [6, 6.07) is 7.34. The van der Waals surface area contributed by atoms with Gasteiger partial charge in [-0.1, -0.05) is 25.5 Å². The molecule has 1 aliphatic rings. The van der Waals surface area contributed by atoms with Crippen molar-refractivity contribution in [2.24, 2.45) is 11.7 Å². The molecule has 0 radical (unpaired) electrons. The fourth-order valence-corrected chi connectivity index (χ4v) is 3.63. The molecule has 0 heterocycles. The number of rotatable bonds is 8. The van der Waals surface area contributed by atoms with Gasteiger partial charge in [-0.05, 0) is 75.2 Å². The van der Waals surface area contributed by atoms with Gasteiger partial charge in [-0.15, -0.1) is 0 Å². The van der Waals surface area contributed by atoms with E-state index in [9.17, 15) is 4.39 Å². The SMILES string of the molecule is CCCN(CCCc1ccc(F)cc1)C[C@H]1CCC[C@@H](N)C1. The van der Waals surface area contributed by atoms with Gasteiger partial charge in [0.2, 0.25) is 0 Å². The second-order valence-electron chi connectivity index (χ2n) is 6.82. The Hall–Kier alpha value is -0.930. The maximum Gasteiger partial charge on any atom is 0.123 e. The summed E-state index contributed by atoms with van der Waals surface area (Å²) in [4.78, 5) is 2.60. The fraction of sp³-hybridized carbons (Fsp3) is 0.684. The van der Waals surface area contributed by atoms with Crippen molar-refractivity contribution in [3.05, 3.63) is 35.6 Å². The number of hydrogen-bond acceptors (Lipinski definition) is 2. The molecule has 0 amide bonds. The Morgan fingerprint density at radius 3 is 2.64 bits per heavy atom. The lowest BCUT2D eigenvalue weighted by atomic mass is 9.86. The number of hydrogen-bond donors (Lipinski definition) is 1. The molecule has 2 nitrogen and oxygen atoms in total. The molecule has 124 valence electrons. The average Bonchev–Trinajstić information content (AvgIpc) is 2.49. The molecule has 1 fully saturated rings. The monoisotopic (exact) mass is 306 g/mol. The van der Waals surface area contributed by atoms with E-state index in [0.29, 0.717) is 6.04 Å². The lowest BCUT2D eigenvalue weighted by Crippen LogP contribution is -2.36. The summed E-state index contributed by atoms with van der Waals surface area (Å²) in [5.41, 5.74) is 7.35. The summed E-state index contributed by atoms with van der Waals surface area (Å²) in [5, 5.41) is 0. The second-order valence-corrected chi connectivity index (χ2v) is 6.82. The molecular formula is C19H31FN2. The zero-order valence-corrected chi connectivity index (χ0v) is 13.9. The van der Waals surface area contributed by atoms with Crippen LogP contribution in [-0.2, 0) is 6.42 Å². The van der Waals surface area contributed by atoms with Gasteiger partial charge in [-0.3, -0.25) is 0 Å². The highest BCUT2D eigenvalue weighted by molar-refractivity contribution is 5.15. The first-order valence-corrected chi connectivity index (χ1v) is 8.89. The lowest BCUT2D eigenvalue weighted by molar-refractivity contribution is 0.191. The third-order valence-electron chi connectivity index (χ3n) is 4.73. The van der Waals surface area contributed by atoms with Crippen LogP contribution in [-0.4, -0.2) is 30.6 Å². The zero-order chi connectivity index (χ0) is 15.8. The van der Waals surface area contributed by atoms with Crippen LogP contribution in [0.3, 0.4) is 0 Å². The highest BCUT2D eigenvalue weighted by Gasteiger charge is 2.21. The van der Waals surface area contributed by atoms with E-state index in [0.717, 1.165) is 25.3 Å². The van der Waals surface area contributed by atoms with Gasteiger partial charge in [-0.2, -0.15) is 0 Å². The van der Waals surface area contributed by atoms with Gasteiger partial charge in [0.15, 0.2) is 0 Å². The van der Waals surface area contributed by atoms with E-state index in [-0.39, 0.29) is 5.82 Å². The molecule has 1 aliphatic carbocycles. The summed E-state index contributed by atoms with van der Waals surface area (Å²) >= 11 is 0. The van der Waals surface area contributed by atoms with E-state index in [4.69, 9.17) is 5.73 Å². The zero-order valence-electron chi connectivity index (χ0n) is 13.9. The van der Waals surface area contributed by atoms with Crippen molar-refractivity contribution in [1.82, 2.24) is 4.90 Å². The predicted octanol–water partition coefficient (Wildman–Crippen LogP) is 3.99. The van der Waals surface area contributed by atoms with Crippen molar-refractivity contribution in [1.29, 1.82) is 0 Å². The molecule has 0 bridgehead atoms. The molecule has 0 spiro atoms. The number of halogens is 1. The molecule has 2 rings (SSSR count). The molecular weight excluding hydrogens is 275 g/mol. The first-order chi connectivity index (χ1) is 10.7.